The predicted molar refractivity (Wildman–Crippen MR) is 54.2 cm³/mol. The van der Waals surface area contributed by atoms with Gasteiger partial charge in [-0.3, -0.25) is 9.59 Å². The van der Waals surface area contributed by atoms with Crippen LogP contribution in [0.1, 0.15) is 32.1 Å². The number of carbonyl (C=O) groups is 2. The quantitative estimate of drug-likeness (QED) is 0.670. The van der Waals surface area contributed by atoms with E-state index in [1.165, 1.54) is 19.3 Å². The molecule has 1 saturated heterocycles. The van der Waals surface area contributed by atoms with Crippen molar-refractivity contribution in [2.75, 3.05) is 6.54 Å². The van der Waals surface area contributed by atoms with Crippen LogP contribution in [0.5, 0.6) is 0 Å². The van der Waals surface area contributed by atoms with Gasteiger partial charge in [0.2, 0.25) is 5.91 Å². The second-order valence-corrected chi connectivity index (χ2v) is 4.62. The van der Waals surface area contributed by atoms with Crippen molar-refractivity contribution in [2.45, 2.75) is 32.1 Å². The van der Waals surface area contributed by atoms with E-state index < -0.39 is 11.9 Å². The van der Waals surface area contributed by atoms with Gasteiger partial charge in [-0.05, 0) is 5.92 Å². The standard InChI is InChI=1S/C11H17NO3/c13-10-9(11(14)15)8(6-12-10)7-4-2-1-3-5-7/h7-9H,1-6H2,(H,12,13)(H,14,15). The lowest BCUT2D eigenvalue weighted by Crippen LogP contribution is -2.31. The molecule has 2 aliphatic rings. The van der Waals surface area contributed by atoms with Gasteiger partial charge >= 0.3 is 5.97 Å². The van der Waals surface area contributed by atoms with E-state index in [1.807, 2.05) is 0 Å². The predicted octanol–water partition coefficient (Wildman–Crippen LogP) is 1.01. The van der Waals surface area contributed by atoms with Crippen LogP contribution in [0.15, 0.2) is 0 Å². The minimum Gasteiger partial charge on any atom is -0.481 e. The van der Waals surface area contributed by atoms with Crippen LogP contribution in [0.25, 0.3) is 0 Å². The van der Waals surface area contributed by atoms with Crippen molar-refractivity contribution in [1.82, 2.24) is 5.32 Å². The average Bonchev–Trinajstić information content (AvgIpc) is 2.61. The van der Waals surface area contributed by atoms with Gasteiger partial charge in [0.05, 0.1) is 0 Å². The van der Waals surface area contributed by atoms with E-state index in [2.05, 4.69) is 5.32 Å². The molecule has 2 rings (SSSR count). The summed E-state index contributed by atoms with van der Waals surface area (Å²) in [6.07, 6.45) is 5.79. The third-order valence-corrected chi connectivity index (χ3v) is 3.74. The summed E-state index contributed by atoms with van der Waals surface area (Å²) >= 11 is 0. The molecule has 1 aliphatic heterocycles. The molecule has 0 aromatic heterocycles. The Kier molecular flexibility index (Phi) is 2.93. The van der Waals surface area contributed by atoms with E-state index in [-0.39, 0.29) is 11.8 Å². The molecule has 2 unspecified atom stereocenters. The molecular weight excluding hydrogens is 194 g/mol. The lowest BCUT2D eigenvalue weighted by molar-refractivity contribution is -0.147. The molecule has 4 nitrogen and oxygen atoms in total. The van der Waals surface area contributed by atoms with Crippen LogP contribution in [0, 0.1) is 17.8 Å². The van der Waals surface area contributed by atoms with E-state index in [0.29, 0.717) is 12.5 Å². The first-order valence-electron chi connectivity index (χ1n) is 5.70. The molecule has 4 heteroatoms. The minimum atomic E-state index is -0.958. The van der Waals surface area contributed by atoms with Crippen molar-refractivity contribution in [3.8, 4) is 0 Å². The van der Waals surface area contributed by atoms with E-state index in [1.54, 1.807) is 0 Å². The summed E-state index contributed by atoms with van der Waals surface area (Å²) in [5, 5.41) is 11.7. The first-order chi connectivity index (χ1) is 7.20. The summed E-state index contributed by atoms with van der Waals surface area (Å²) in [5.74, 6) is -1.60. The molecule has 0 aromatic carbocycles. The summed E-state index contributed by atoms with van der Waals surface area (Å²) in [6, 6.07) is 0. The fraction of sp³-hybridized carbons (Fsp3) is 0.818. The second kappa shape index (κ2) is 4.21. The van der Waals surface area contributed by atoms with Crippen LogP contribution in [0.2, 0.25) is 0 Å². The van der Waals surface area contributed by atoms with Gasteiger partial charge in [0.1, 0.15) is 5.92 Å². The highest BCUT2D eigenvalue weighted by Crippen LogP contribution is 2.36. The monoisotopic (exact) mass is 211 g/mol. The fourth-order valence-electron chi connectivity index (χ4n) is 2.94. The van der Waals surface area contributed by atoms with Gasteiger partial charge in [-0.2, -0.15) is 0 Å². The van der Waals surface area contributed by atoms with Crippen LogP contribution >= 0.6 is 0 Å². The largest absolute Gasteiger partial charge is 0.481 e. The summed E-state index contributed by atoms with van der Waals surface area (Å²) in [6.45, 7) is 0.556. The third kappa shape index (κ3) is 1.98. The fourth-order valence-corrected chi connectivity index (χ4v) is 2.94. The van der Waals surface area contributed by atoms with Crippen LogP contribution in [0.4, 0.5) is 0 Å². The molecule has 1 saturated carbocycles. The molecular formula is C11H17NO3. The number of amides is 1. The van der Waals surface area contributed by atoms with Crippen molar-refractivity contribution >= 4 is 11.9 Å². The average molecular weight is 211 g/mol. The molecule has 2 N–H and O–H groups in total. The number of nitrogens with one attached hydrogen (secondary N) is 1. The molecule has 0 bridgehead atoms. The molecule has 1 heterocycles. The SMILES string of the molecule is O=C(O)C1C(=O)NCC1C1CCCCC1. The highest BCUT2D eigenvalue weighted by molar-refractivity contribution is 5.98. The smallest absolute Gasteiger partial charge is 0.316 e. The summed E-state index contributed by atoms with van der Waals surface area (Å²) in [7, 11) is 0. The molecule has 0 aromatic rings. The molecule has 1 amide bonds. The molecule has 1 aliphatic carbocycles. The Balaban J connectivity index is 2.06. The van der Waals surface area contributed by atoms with Crippen molar-refractivity contribution in [1.29, 1.82) is 0 Å². The first kappa shape index (κ1) is 10.5. The van der Waals surface area contributed by atoms with Gasteiger partial charge in [-0.25, -0.2) is 0 Å². The molecule has 0 spiro atoms. The molecule has 15 heavy (non-hydrogen) atoms. The van der Waals surface area contributed by atoms with Crippen LogP contribution in [-0.2, 0) is 9.59 Å². The van der Waals surface area contributed by atoms with E-state index in [0.717, 1.165) is 12.8 Å². The van der Waals surface area contributed by atoms with Crippen LogP contribution in [-0.4, -0.2) is 23.5 Å². The third-order valence-electron chi connectivity index (χ3n) is 3.74. The number of aliphatic carboxylic acids is 1. The lowest BCUT2D eigenvalue weighted by atomic mass is 9.75. The number of carbonyl (C=O) groups excluding carboxylic acids is 1. The van der Waals surface area contributed by atoms with E-state index in [4.69, 9.17) is 5.11 Å². The number of hydrogen-bond acceptors (Lipinski definition) is 2. The van der Waals surface area contributed by atoms with Crippen molar-refractivity contribution in [2.24, 2.45) is 17.8 Å². The molecule has 2 fully saturated rings. The van der Waals surface area contributed by atoms with E-state index >= 15 is 0 Å². The Morgan fingerprint density at radius 3 is 2.53 bits per heavy atom. The first-order valence-corrected chi connectivity index (χ1v) is 5.70. The Hall–Kier alpha value is -1.06. The van der Waals surface area contributed by atoms with Gasteiger partial charge in [0.25, 0.3) is 0 Å². The van der Waals surface area contributed by atoms with Crippen molar-refractivity contribution in [3.05, 3.63) is 0 Å². The number of carboxylic acids is 1. The Labute approximate surface area is 89.0 Å². The zero-order chi connectivity index (χ0) is 10.8. The van der Waals surface area contributed by atoms with Gasteiger partial charge in [0.15, 0.2) is 0 Å². The second-order valence-electron chi connectivity index (χ2n) is 4.62. The number of rotatable bonds is 2. The summed E-state index contributed by atoms with van der Waals surface area (Å²) in [5.41, 5.74) is 0. The summed E-state index contributed by atoms with van der Waals surface area (Å²) < 4.78 is 0. The number of carboxylic acid groups (broad SMARTS) is 1. The minimum absolute atomic E-state index is 0.0234. The molecule has 84 valence electrons. The van der Waals surface area contributed by atoms with E-state index in [9.17, 15) is 9.59 Å². The van der Waals surface area contributed by atoms with Gasteiger partial charge in [-0.15, -0.1) is 0 Å². The zero-order valence-electron chi connectivity index (χ0n) is 8.74. The molecule has 0 radical (unpaired) electrons. The molecule has 2 atom stereocenters. The Morgan fingerprint density at radius 2 is 1.93 bits per heavy atom. The van der Waals surface area contributed by atoms with Gasteiger partial charge < -0.3 is 10.4 Å². The van der Waals surface area contributed by atoms with Crippen LogP contribution < -0.4 is 5.32 Å². The highest BCUT2D eigenvalue weighted by atomic mass is 16.4. The Bertz CT molecular complexity index is 271. The zero-order valence-corrected chi connectivity index (χ0v) is 8.74. The van der Waals surface area contributed by atoms with Gasteiger partial charge in [0, 0.05) is 12.5 Å². The van der Waals surface area contributed by atoms with Gasteiger partial charge in [-0.1, -0.05) is 32.1 Å². The summed E-state index contributed by atoms with van der Waals surface area (Å²) in [4.78, 5) is 22.4. The topological polar surface area (TPSA) is 66.4 Å². The maximum Gasteiger partial charge on any atom is 0.316 e. The lowest BCUT2D eigenvalue weighted by Gasteiger charge is -2.28. The van der Waals surface area contributed by atoms with Crippen molar-refractivity contribution in [3.63, 3.8) is 0 Å². The van der Waals surface area contributed by atoms with Crippen molar-refractivity contribution < 1.29 is 14.7 Å². The van der Waals surface area contributed by atoms with Crippen LogP contribution in [0.3, 0.4) is 0 Å². The highest BCUT2D eigenvalue weighted by Gasteiger charge is 2.44. The Morgan fingerprint density at radius 1 is 1.27 bits per heavy atom. The maximum atomic E-state index is 11.4. The maximum absolute atomic E-state index is 11.4. The number of hydrogen-bond donors (Lipinski definition) is 2. The normalized spacial score (nSPS) is 32.7.